The van der Waals surface area contributed by atoms with Gasteiger partial charge in [0.15, 0.2) is 0 Å². The molecular formula is C23H28N4O3. The summed E-state index contributed by atoms with van der Waals surface area (Å²) < 4.78 is 1.34. The standard InChI is InChI=1S/C23H28N4O3/c28-21-10-9-19(23(30)24-14-18-6-2-1-3-7-18)15-27(21)17-22(29)26-13-12-25-11-5-4-8-20(25)16-26/h1-3,6-7,9-10,15,20H,4-5,8,11-14,16-17H2,(H,24,30)/t20-/m1/s1. The van der Waals surface area contributed by atoms with Crippen LogP contribution in [0, 0.1) is 0 Å². The van der Waals surface area contributed by atoms with Crippen molar-refractivity contribution in [3.05, 3.63) is 70.1 Å². The zero-order valence-electron chi connectivity index (χ0n) is 17.1. The van der Waals surface area contributed by atoms with Crippen LogP contribution in [0.3, 0.4) is 0 Å². The first-order valence-corrected chi connectivity index (χ1v) is 10.6. The Balaban J connectivity index is 1.38. The van der Waals surface area contributed by atoms with Gasteiger partial charge >= 0.3 is 0 Å². The molecule has 2 aliphatic rings. The van der Waals surface area contributed by atoms with E-state index in [1.54, 1.807) is 0 Å². The van der Waals surface area contributed by atoms with Gasteiger partial charge in [-0.15, -0.1) is 0 Å². The van der Waals surface area contributed by atoms with Gasteiger partial charge < -0.3 is 14.8 Å². The van der Waals surface area contributed by atoms with Gasteiger partial charge in [-0.1, -0.05) is 36.8 Å². The van der Waals surface area contributed by atoms with Crippen molar-refractivity contribution in [2.75, 3.05) is 26.2 Å². The van der Waals surface area contributed by atoms with Crippen molar-refractivity contribution >= 4 is 11.8 Å². The fourth-order valence-electron chi connectivity index (χ4n) is 4.30. The molecule has 1 N–H and O–H groups in total. The zero-order chi connectivity index (χ0) is 20.9. The molecule has 3 heterocycles. The minimum Gasteiger partial charge on any atom is -0.348 e. The van der Waals surface area contributed by atoms with Gasteiger partial charge in [-0.05, 0) is 31.0 Å². The fraction of sp³-hybridized carbons (Fsp3) is 0.435. The number of carbonyl (C=O) groups excluding carboxylic acids is 2. The smallest absolute Gasteiger partial charge is 0.253 e. The highest BCUT2D eigenvalue weighted by Crippen LogP contribution is 2.21. The van der Waals surface area contributed by atoms with E-state index in [1.807, 2.05) is 35.2 Å². The fourth-order valence-corrected chi connectivity index (χ4v) is 4.30. The van der Waals surface area contributed by atoms with Crippen LogP contribution in [0.1, 0.15) is 35.2 Å². The summed E-state index contributed by atoms with van der Waals surface area (Å²) in [6.45, 7) is 3.81. The second kappa shape index (κ2) is 9.26. The van der Waals surface area contributed by atoms with Gasteiger partial charge in [-0.3, -0.25) is 19.3 Å². The lowest BCUT2D eigenvalue weighted by Crippen LogP contribution is -2.56. The molecule has 4 rings (SSSR count). The Labute approximate surface area is 176 Å². The summed E-state index contributed by atoms with van der Waals surface area (Å²) in [5.41, 5.74) is 1.09. The lowest BCUT2D eigenvalue weighted by molar-refractivity contribution is -0.135. The van der Waals surface area contributed by atoms with Gasteiger partial charge in [-0.25, -0.2) is 0 Å². The number of hydrogen-bond acceptors (Lipinski definition) is 4. The first-order chi connectivity index (χ1) is 14.6. The highest BCUT2D eigenvalue weighted by molar-refractivity contribution is 5.93. The molecule has 1 aromatic carbocycles. The van der Waals surface area contributed by atoms with Gasteiger partial charge in [0.1, 0.15) is 6.54 Å². The Kier molecular flexibility index (Phi) is 6.28. The van der Waals surface area contributed by atoms with E-state index in [4.69, 9.17) is 0 Å². The molecule has 1 atom stereocenters. The van der Waals surface area contributed by atoms with E-state index in [0.717, 1.165) is 31.6 Å². The van der Waals surface area contributed by atoms with Crippen LogP contribution in [0.25, 0.3) is 0 Å². The third-order valence-electron chi connectivity index (χ3n) is 6.04. The molecule has 158 valence electrons. The molecule has 2 amide bonds. The van der Waals surface area contributed by atoms with Crippen LogP contribution >= 0.6 is 0 Å². The maximum Gasteiger partial charge on any atom is 0.253 e. The maximum absolute atomic E-state index is 12.8. The van der Waals surface area contributed by atoms with Crippen LogP contribution in [0.2, 0.25) is 0 Å². The Morgan fingerprint density at radius 1 is 1.00 bits per heavy atom. The van der Waals surface area contributed by atoms with Crippen molar-refractivity contribution in [3.63, 3.8) is 0 Å². The van der Waals surface area contributed by atoms with E-state index in [1.165, 1.54) is 35.7 Å². The van der Waals surface area contributed by atoms with E-state index >= 15 is 0 Å². The number of fused-ring (bicyclic) bond motifs is 1. The predicted molar refractivity (Wildman–Crippen MR) is 114 cm³/mol. The van der Waals surface area contributed by atoms with Crippen LogP contribution < -0.4 is 10.9 Å². The summed E-state index contributed by atoms with van der Waals surface area (Å²) in [4.78, 5) is 41.9. The molecule has 2 aromatic rings. The number of hydrogen-bond donors (Lipinski definition) is 1. The number of pyridine rings is 1. The Hall–Kier alpha value is -2.93. The van der Waals surface area contributed by atoms with Crippen LogP contribution in [0.15, 0.2) is 53.5 Å². The lowest BCUT2D eigenvalue weighted by Gasteiger charge is -2.44. The molecule has 0 bridgehead atoms. The Bertz CT molecular complexity index is 956. The number of carbonyl (C=O) groups is 2. The van der Waals surface area contributed by atoms with E-state index in [-0.39, 0.29) is 23.9 Å². The molecule has 7 nitrogen and oxygen atoms in total. The van der Waals surface area contributed by atoms with Crippen molar-refractivity contribution in [1.29, 1.82) is 0 Å². The van der Waals surface area contributed by atoms with Gasteiger partial charge in [-0.2, -0.15) is 0 Å². The number of aromatic nitrogens is 1. The minimum absolute atomic E-state index is 0.0364. The van der Waals surface area contributed by atoms with Crippen molar-refractivity contribution < 1.29 is 9.59 Å². The lowest BCUT2D eigenvalue weighted by atomic mass is 9.99. The number of benzene rings is 1. The number of nitrogens with one attached hydrogen (secondary N) is 1. The van der Waals surface area contributed by atoms with Gasteiger partial charge in [0.25, 0.3) is 11.5 Å². The van der Waals surface area contributed by atoms with Crippen molar-refractivity contribution in [2.45, 2.75) is 38.4 Å². The number of piperidine rings is 1. The SMILES string of the molecule is O=C(NCc1ccccc1)c1ccc(=O)n(CC(=O)N2CCN3CCCC[C@@H]3C2)c1. The second-order valence-corrected chi connectivity index (χ2v) is 8.08. The van der Waals surface area contributed by atoms with E-state index in [0.29, 0.717) is 24.7 Å². The first kappa shape index (κ1) is 20.3. The Morgan fingerprint density at radius 3 is 2.67 bits per heavy atom. The van der Waals surface area contributed by atoms with Gasteiger partial charge in [0.05, 0.1) is 5.56 Å². The monoisotopic (exact) mass is 408 g/mol. The minimum atomic E-state index is -0.278. The maximum atomic E-state index is 12.8. The largest absolute Gasteiger partial charge is 0.348 e. The number of piperazine rings is 1. The molecule has 0 aliphatic carbocycles. The molecular weight excluding hydrogens is 380 g/mol. The van der Waals surface area contributed by atoms with Crippen molar-refractivity contribution in [1.82, 2.24) is 19.7 Å². The summed E-state index contributed by atoms with van der Waals surface area (Å²) in [6.07, 6.45) is 5.06. The van der Waals surface area contributed by atoms with Crippen LogP contribution in [-0.2, 0) is 17.9 Å². The number of nitrogens with zero attached hydrogens (tertiary/aromatic N) is 3. The molecule has 0 saturated carbocycles. The quantitative estimate of drug-likeness (QED) is 0.813. The molecule has 2 saturated heterocycles. The Morgan fingerprint density at radius 2 is 1.83 bits per heavy atom. The van der Waals surface area contributed by atoms with Gasteiger partial charge in [0.2, 0.25) is 5.91 Å². The third-order valence-corrected chi connectivity index (χ3v) is 6.04. The van der Waals surface area contributed by atoms with Crippen molar-refractivity contribution in [2.24, 2.45) is 0 Å². The third kappa shape index (κ3) is 4.79. The molecule has 30 heavy (non-hydrogen) atoms. The highest BCUT2D eigenvalue weighted by atomic mass is 16.2. The summed E-state index contributed by atoms with van der Waals surface area (Å²) in [5, 5.41) is 2.85. The topological polar surface area (TPSA) is 74.6 Å². The van der Waals surface area contributed by atoms with Crippen molar-refractivity contribution in [3.8, 4) is 0 Å². The van der Waals surface area contributed by atoms with E-state index in [2.05, 4.69) is 10.2 Å². The summed E-state index contributed by atoms with van der Waals surface area (Å²) in [7, 11) is 0. The molecule has 0 unspecified atom stereocenters. The first-order valence-electron chi connectivity index (χ1n) is 10.6. The summed E-state index contributed by atoms with van der Waals surface area (Å²) in [6, 6.07) is 12.9. The van der Waals surface area contributed by atoms with E-state index < -0.39 is 0 Å². The number of amides is 2. The summed E-state index contributed by atoms with van der Waals surface area (Å²) >= 11 is 0. The molecule has 0 radical (unpaired) electrons. The highest BCUT2D eigenvalue weighted by Gasteiger charge is 2.31. The predicted octanol–water partition coefficient (Wildman–Crippen LogP) is 1.47. The van der Waals surface area contributed by atoms with Crippen LogP contribution in [0.5, 0.6) is 0 Å². The number of rotatable bonds is 5. The van der Waals surface area contributed by atoms with Crippen LogP contribution in [-0.4, -0.2) is 58.4 Å². The summed E-state index contributed by atoms with van der Waals surface area (Å²) in [5.74, 6) is -0.333. The average Bonchev–Trinajstić information content (AvgIpc) is 2.79. The molecule has 0 spiro atoms. The molecule has 7 heteroatoms. The molecule has 2 aliphatic heterocycles. The normalized spacial score (nSPS) is 19.2. The molecule has 1 aromatic heterocycles. The molecule has 2 fully saturated rings. The average molecular weight is 409 g/mol. The zero-order valence-corrected chi connectivity index (χ0v) is 17.1. The second-order valence-electron chi connectivity index (χ2n) is 8.08. The van der Waals surface area contributed by atoms with Gasteiger partial charge in [0, 0.05) is 44.5 Å². The van der Waals surface area contributed by atoms with Crippen LogP contribution in [0.4, 0.5) is 0 Å². The van der Waals surface area contributed by atoms with E-state index in [9.17, 15) is 14.4 Å².